The molecule has 114 valence electrons. The van der Waals surface area contributed by atoms with Crippen molar-refractivity contribution in [3.05, 3.63) is 0 Å². The maximum absolute atomic E-state index is 12.1. The summed E-state index contributed by atoms with van der Waals surface area (Å²) < 4.78 is 5.31. The van der Waals surface area contributed by atoms with E-state index in [1.54, 1.807) is 0 Å². The molecular weight excluding hydrogens is 258 g/mol. The predicted molar refractivity (Wildman–Crippen MR) is 74.5 cm³/mol. The number of ether oxygens (including phenoxy) is 1. The fourth-order valence-corrected chi connectivity index (χ4v) is 3.83. The summed E-state index contributed by atoms with van der Waals surface area (Å²) in [6.07, 6.45) is 5.51. The second kappa shape index (κ2) is 4.93. The predicted octanol–water partition coefficient (Wildman–Crippen LogP) is 3.08. The second-order valence-corrected chi connectivity index (χ2v) is 7.27. The lowest BCUT2D eigenvalue weighted by Gasteiger charge is -2.57. The van der Waals surface area contributed by atoms with Crippen LogP contribution in [0.25, 0.3) is 0 Å². The van der Waals surface area contributed by atoms with E-state index in [2.05, 4.69) is 5.32 Å². The summed E-state index contributed by atoms with van der Waals surface area (Å²) in [7, 11) is 0. The van der Waals surface area contributed by atoms with Crippen molar-refractivity contribution >= 4 is 12.1 Å². The van der Waals surface area contributed by atoms with Crippen molar-refractivity contribution in [3.8, 4) is 0 Å². The van der Waals surface area contributed by atoms with E-state index in [-0.39, 0.29) is 11.8 Å². The first-order chi connectivity index (χ1) is 9.18. The van der Waals surface area contributed by atoms with Crippen molar-refractivity contribution in [2.45, 2.75) is 76.9 Å². The average molecular weight is 283 g/mol. The summed E-state index contributed by atoms with van der Waals surface area (Å²) in [6, 6.07) is 0. The summed E-state index contributed by atoms with van der Waals surface area (Å²) in [4.78, 5) is 23.3. The highest BCUT2D eigenvalue weighted by atomic mass is 16.6. The van der Waals surface area contributed by atoms with Crippen molar-refractivity contribution in [2.24, 2.45) is 5.41 Å². The van der Waals surface area contributed by atoms with E-state index >= 15 is 0 Å². The van der Waals surface area contributed by atoms with Gasteiger partial charge in [0.15, 0.2) is 0 Å². The molecule has 1 amide bonds. The molecule has 0 bridgehead atoms. The molecule has 0 aromatic heterocycles. The molecule has 1 unspecified atom stereocenters. The van der Waals surface area contributed by atoms with Gasteiger partial charge in [0.1, 0.15) is 5.60 Å². The van der Waals surface area contributed by atoms with Crippen LogP contribution >= 0.6 is 0 Å². The molecule has 0 heterocycles. The lowest BCUT2D eigenvalue weighted by atomic mass is 9.52. The lowest BCUT2D eigenvalue weighted by molar-refractivity contribution is -0.144. The molecule has 1 atom stereocenters. The van der Waals surface area contributed by atoms with Crippen LogP contribution < -0.4 is 5.32 Å². The Labute approximate surface area is 120 Å². The smallest absolute Gasteiger partial charge is 0.408 e. The standard InChI is InChI=1S/C15H25NO4/c1-13(2,3)20-12(19)16-15(10-11(17)18)9-8-14(15)6-4-5-7-14/h4-10H2,1-3H3,(H,16,19)(H,17,18). The molecule has 0 aromatic carbocycles. The quantitative estimate of drug-likeness (QED) is 0.834. The maximum Gasteiger partial charge on any atom is 0.408 e. The normalized spacial score (nSPS) is 27.9. The van der Waals surface area contributed by atoms with Gasteiger partial charge in [0, 0.05) is 0 Å². The van der Waals surface area contributed by atoms with Crippen molar-refractivity contribution in [2.75, 3.05) is 0 Å². The van der Waals surface area contributed by atoms with Gasteiger partial charge in [-0.05, 0) is 51.9 Å². The second-order valence-electron chi connectivity index (χ2n) is 7.27. The van der Waals surface area contributed by atoms with Crippen molar-refractivity contribution in [1.29, 1.82) is 0 Å². The molecule has 2 N–H and O–H groups in total. The van der Waals surface area contributed by atoms with E-state index in [9.17, 15) is 14.7 Å². The number of nitrogens with one attached hydrogen (secondary N) is 1. The summed E-state index contributed by atoms with van der Waals surface area (Å²) in [5.74, 6) is -0.855. The molecule has 2 rings (SSSR count). The minimum absolute atomic E-state index is 0.00770. The number of amides is 1. The topological polar surface area (TPSA) is 75.6 Å². The number of aliphatic carboxylic acids is 1. The third kappa shape index (κ3) is 2.76. The van der Waals surface area contributed by atoms with E-state index in [0.29, 0.717) is 0 Å². The minimum Gasteiger partial charge on any atom is -0.481 e. The van der Waals surface area contributed by atoms with Crippen molar-refractivity contribution in [3.63, 3.8) is 0 Å². The van der Waals surface area contributed by atoms with Gasteiger partial charge >= 0.3 is 12.1 Å². The molecule has 2 aliphatic carbocycles. The minimum atomic E-state index is -0.855. The van der Waals surface area contributed by atoms with Crippen molar-refractivity contribution < 1.29 is 19.4 Å². The first-order valence-corrected chi connectivity index (χ1v) is 7.41. The summed E-state index contributed by atoms with van der Waals surface area (Å²) >= 11 is 0. The number of carbonyl (C=O) groups excluding carboxylic acids is 1. The van der Waals surface area contributed by atoms with Gasteiger partial charge in [0.2, 0.25) is 0 Å². The Bertz CT molecular complexity index is 407. The van der Waals surface area contributed by atoms with Crippen LogP contribution in [-0.4, -0.2) is 28.3 Å². The van der Waals surface area contributed by atoms with E-state index in [0.717, 1.165) is 38.5 Å². The lowest BCUT2D eigenvalue weighted by Crippen LogP contribution is -2.67. The highest BCUT2D eigenvalue weighted by Gasteiger charge is 2.61. The van der Waals surface area contributed by atoms with Crippen LogP contribution in [0, 0.1) is 5.41 Å². The summed E-state index contributed by atoms with van der Waals surface area (Å²) in [5, 5.41) is 12.1. The molecule has 0 saturated heterocycles. The Morgan fingerprint density at radius 1 is 1.15 bits per heavy atom. The highest BCUT2D eigenvalue weighted by molar-refractivity contribution is 5.74. The van der Waals surface area contributed by atoms with Crippen LogP contribution in [-0.2, 0) is 9.53 Å². The Hall–Kier alpha value is -1.26. The van der Waals surface area contributed by atoms with Gasteiger partial charge in [-0.25, -0.2) is 4.79 Å². The number of rotatable bonds is 3. The van der Waals surface area contributed by atoms with Crippen LogP contribution in [0.4, 0.5) is 4.79 Å². The van der Waals surface area contributed by atoms with Crippen LogP contribution in [0.5, 0.6) is 0 Å². The third-order valence-corrected chi connectivity index (χ3v) is 4.80. The average Bonchev–Trinajstić information content (AvgIpc) is 2.74. The molecule has 1 spiro atoms. The fraction of sp³-hybridized carbons (Fsp3) is 0.867. The van der Waals surface area contributed by atoms with Gasteiger partial charge in [-0.3, -0.25) is 4.79 Å². The first kappa shape index (κ1) is 15.1. The largest absolute Gasteiger partial charge is 0.481 e. The zero-order valence-electron chi connectivity index (χ0n) is 12.6. The molecular formula is C15H25NO4. The van der Waals surface area contributed by atoms with Gasteiger partial charge in [-0.15, -0.1) is 0 Å². The highest BCUT2D eigenvalue weighted by Crippen LogP contribution is 2.61. The monoisotopic (exact) mass is 283 g/mol. The molecule has 5 heteroatoms. The zero-order valence-corrected chi connectivity index (χ0v) is 12.6. The van der Waals surface area contributed by atoms with Crippen LogP contribution in [0.2, 0.25) is 0 Å². The van der Waals surface area contributed by atoms with Crippen LogP contribution in [0.1, 0.15) is 65.7 Å². The van der Waals surface area contributed by atoms with Crippen LogP contribution in [0.3, 0.4) is 0 Å². The molecule has 2 aliphatic rings. The molecule has 20 heavy (non-hydrogen) atoms. The van der Waals surface area contributed by atoms with E-state index in [1.807, 2.05) is 20.8 Å². The Balaban J connectivity index is 2.12. The van der Waals surface area contributed by atoms with E-state index in [1.165, 1.54) is 0 Å². The maximum atomic E-state index is 12.1. The van der Waals surface area contributed by atoms with Gasteiger partial charge < -0.3 is 15.2 Å². The van der Waals surface area contributed by atoms with Crippen LogP contribution in [0.15, 0.2) is 0 Å². The molecule has 0 radical (unpaired) electrons. The number of alkyl carbamates (subject to hydrolysis) is 1. The Kier molecular flexibility index (Phi) is 3.73. The number of carboxylic acids is 1. The van der Waals surface area contributed by atoms with Gasteiger partial charge in [0.05, 0.1) is 12.0 Å². The van der Waals surface area contributed by atoms with E-state index < -0.39 is 23.2 Å². The Morgan fingerprint density at radius 2 is 1.75 bits per heavy atom. The molecule has 0 aliphatic heterocycles. The Morgan fingerprint density at radius 3 is 2.15 bits per heavy atom. The third-order valence-electron chi connectivity index (χ3n) is 4.80. The SMILES string of the molecule is CC(C)(C)OC(=O)NC1(CC(=O)O)CCC12CCCC2. The first-order valence-electron chi connectivity index (χ1n) is 7.41. The molecule has 2 saturated carbocycles. The van der Waals surface area contributed by atoms with Gasteiger partial charge in [-0.1, -0.05) is 12.8 Å². The molecule has 0 aromatic rings. The fourth-order valence-electron chi connectivity index (χ4n) is 3.83. The number of hydrogen-bond acceptors (Lipinski definition) is 3. The zero-order chi connectivity index (χ0) is 15.0. The number of hydrogen-bond donors (Lipinski definition) is 2. The summed E-state index contributed by atoms with van der Waals surface area (Å²) in [5.41, 5.74) is -1.21. The molecule has 2 fully saturated rings. The van der Waals surface area contributed by atoms with Gasteiger partial charge in [0.25, 0.3) is 0 Å². The molecule has 5 nitrogen and oxygen atoms in total. The number of carbonyl (C=O) groups is 2. The van der Waals surface area contributed by atoms with E-state index in [4.69, 9.17) is 4.74 Å². The van der Waals surface area contributed by atoms with Gasteiger partial charge in [-0.2, -0.15) is 0 Å². The van der Waals surface area contributed by atoms with Crippen molar-refractivity contribution in [1.82, 2.24) is 5.32 Å². The summed E-state index contributed by atoms with van der Waals surface area (Å²) in [6.45, 7) is 5.42. The number of carboxylic acid groups (broad SMARTS) is 1.